The highest BCUT2D eigenvalue weighted by Crippen LogP contribution is 2.34. The average Bonchev–Trinajstić information content (AvgIpc) is 3.36. The number of carbonyl (C=O) groups is 4. The van der Waals surface area contributed by atoms with E-state index < -0.39 is 17.7 Å². The lowest BCUT2D eigenvalue weighted by atomic mass is 10.1. The minimum Gasteiger partial charge on any atom is -0.370 e. The molecule has 3 aromatic rings. The van der Waals surface area contributed by atoms with Gasteiger partial charge in [0.05, 0.1) is 38.3 Å². The molecule has 2 aliphatic heterocycles. The second kappa shape index (κ2) is 8.43. The molecule has 0 radical (unpaired) electrons. The predicted octanol–water partition coefficient (Wildman–Crippen LogP) is 3.82. The summed E-state index contributed by atoms with van der Waals surface area (Å²) >= 11 is 7.02. The fraction of sp³-hybridized carbons (Fsp3) is 0.130. The molecule has 8 nitrogen and oxygen atoms in total. The molecule has 0 bridgehead atoms. The molecule has 2 aliphatic rings. The molecular weight excluding hydrogens is 466 g/mol. The average molecular weight is 482 g/mol. The van der Waals surface area contributed by atoms with E-state index in [9.17, 15) is 19.2 Å². The Morgan fingerprint density at radius 2 is 1.73 bits per heavy atom. The molecule has 0 unspecified atom stereocenters. The number of fused-ring (bicyclic) bond motifs is 1. The number of halogens is 1. The number of carbonyl (C=O) groups excluding carboxylic acids is 4. The van der Waals surface area contributed by atoms with Crippen molar-refractivity contribution in [1.29, 1.82) is 0 Å². The molecule has 0 atom stereocenters. The fourth-order valence-corrected chi connectivity index (χ4v) is 4.76. The van der Waals surface area contributed by atoms with Crippen molar-refractivity contribution < 1.29 is 23.9 Å². The monoisotopic (exact) mass is 481 g/mol. The van der Waals surface area contributed by atoms with Gasteiger partial charge in [0.25, 0.3) is 23.6 Å². The highest BCUT2D eigenvalue weighted by molar-refractivity contribution is 7.18. The van der Waals surface area contributed by atoms with Crippen molar-refractivity contribution in [2.24, 2.45) is 0 Å². The number of benzene rings is 2. The molecule has 0 aliphatic carbocycles. The van der Waals surface area contributed by atoms with Gasteiger partial charge >= 0.3 is 0 Å². The van der Waals surface area contributed by atoms with Crippen LogP contribution in [0.25, 0.3) is 0 Å². The second-order valence-electron chi connectivity index (χ2n) is 7.35. The standard InChI is InChI=1S/C23H16ClN3O5S/c24-18-9-8-17(33-18)21(29)25-16-3-1-2-15-20(16)23(31)27(22(15)30)14-6-4-13(5-7-14)26-10-11-32-12-19(26)28/h1-9H,10-12H2,(H,25,29). The zero-order chi connectivity index (χ0) is 23.1. The van der Waals surface area contributed by atoms with Gasteiger partial charge in [-0.1, -0.05) is 17.7 Å². The van der Waals surface area contributed by atoms with Crippen molar-refractivity contribution in [3.8, 4) is 0 Å². The maximum atomic E-state index is 13.2. The molecular formula is C23H16ClN3O5S. The van der Waals surface area contributed by atoms with Gasteiger partial charge in [-0.2, -0.15) is 0 Å². The Labute approximate surface area is 197 Å². The van der Waals surface area contributed by atoms with Crippen molar-refractivity contribution in [2.45, 2.75) is 0 Å². The number of amides is 4. The van der Waals surface area contributed by atoms with Crippen molar-refractivity contribution in [1.82, 2.24) is 0 Å². The van der Waals surface area contributed by atoms with Crippen LogP contribution < -0.4 is 15.1 Å². The van der Waals surface area contributed by atoms with Crippen LogP contribution in [0.5, 0.6) is 0 Å². The lowest BCUT2D eigenvalue weighted by Crippen LogP contribution is -2.41. The minimum absolute atomic E-state index is 0.0202. The van der Waals surface area contributed by atoms with Gasteiger partial charge < -0.3 is 15.0 Å². The summed E-state index contributed by atoms with van der Waals surface area (Å²) in [6, 6.07) is 14.5. The van der Waals surface area contributed by atoms with E-state index in [-0.39, 0.29) is 29.3 Å². The van der Waals surface area contributed by atoms with E-state index in [0.717, 1.165) is 16.2 Å². The van der Waals surface area contributed by atoms with Crippen LogP contribution in [0.2, 0.25) is 4.34 Å². The summed E-state index contributed by atoms with van der Waals surface area (Å²) in [6.07, 6.45) is 0. The Morgan fingerprint density at radius 1 is 0.970 bits per heavy atom. The van der Waals surface area contributed by atoms with Crippen LogP contribution >= 0.6 is 22.9 Å². The van der Waals surface area contributed by atoms with E-state index >= 15 is 0 Å². The summed E-state index contributed by atoms with van der Waals surface area (Å²) in [5.41, 5.74) is 1.61. The number of imide groups is 1. The quantitative estimate of drug-likeness (QED) is 0.571. The first-order valence-electron chi connectivity index (χ1n) is 10.0. The summed E-state index contributed by atoms with van der Waals surface area (Å²) in [5, 5.41) is 2.71. The largest absolute Gasteiger partial charge is 0.370 e. The molecule has 10 heteroatoms. The van der Waals surface area contributed by atoms with Crippen molar-refractivity contribution >= 4 is 63.6 Å². The van der Waals surface area contributed by atoms with Crippen LogP contribution in [0.15, 0.2) is 54.6 Å². The normalized spacial score (nSPS) is 15.7. The van der Waals surface area contributed by atoms with Gasteiger partial charge in [0, 0.05) is 12.2 Å². The van der Waals surface area contributed by atoms with Gasteiger partial charge in [0.2, 0.25) is 0 Å². The number of hydrogen-bond acceptors (Lipinski definition) is 6. The van der Waals surface area contributed by atoms with E-state index in [1.54, 1.807) is 59.5 Å². The lowest BCUT2D eigenvalue weighted by Gasteiger charge is -2.27. The highest BCUT2D eigenvalue weighted by Gasteiger charge is 2.39. The third-order valence-corrected chi connectivity index (χ3v) is 6.60. The molecule has 166 valence electrons. The SMILES string of the molecule is O=C(Nc1cccc2c1C(=O)N(c1ccc(N3CCOCC3=O)cc1)C2=O)c1ccc(Cl)s1. The molecule has 3 heterocycles. The Bertz CT molecular complexity index is 1300. The molecule has 5 rings (SSSR count). The van der Waals surface area contributed by atoms with Crippen LogP contribution in [0.3, 0.4) is 0 Å². The number of anilines is 3. The van der Waals surface area contributed by atoms with Crippen molar-refractivity contribution in [3.05, 3.63) is 74.9 Å². The Hall–Kier alpha value is -3.53. The number of nitrogens with zero attached hydrogens (tertiary/aromatic N) is 2. The van der Waals surface area contributed by atoms with Gasteiger partial charge in [-0.05, 0) is 48.5 Å². The van der Waals surface area contributed by atoms with Crippen LogP contribution in [0, 0.1) is 0 Å². The van der Waals surface area contributed by atoms with E-state index in [0.29, 0.717) is 33.7 Å². The predicted molar refractivity (Wildman–Crippen MR) is 124 cm³/mol. The molecule has 0 saturated carbocycles. The molecule has 0 spiro atoms. The smallest absolute Gasteiger partial charge is 0.268 e. The molecule has 1 aromatic heterocycles. The topological polar surface area (TPSA) is 96.0 Å². The number of thiophene rings is 1. The van der Waals surface area contributed by atoms with E-state index in [4.69, 9.17) is 16.3 Å². The summed E-state index contributed by atoms with van der Waals surface area (Å²) in [7, 11) is 0. The number of morpholine rings is 1. The van der Waals surface area contributed by atoms with Gasteiger partial charge in [-0.3, -0.25) is 19.2 Å². The van der Waals surface area contributed by atoms with E-state index in [1.807, 2.05) is 0 Å². The van der Waals surface area contributed by atoms with E-state index in [1.165, 1.54) is 0 Å². The Morgan fingerprint density at radius 3 is 2.42 bits per heavy atom. The maximum Gasteiger partial charge on any atom is 0.268 e. The van der Waals surface area contributed by atoms with Gasteiger partial charge in [-0.15, -0.1) is 11.3 Å². The van der Waals surface area contributed by atoms with Gasteiger partial charge in [0.1, 0.15) is 6.61 Å². The third-order valence-electron chi connectivity index (χ3n) is 5.37. The molecule has 1 saturated heterocycles. The number of rotatable bonds is 4. The first-order chi connectivity index (χ1) is 15.9. The number of hydrogen-bond donors (Lipinski definition) is 1. The summed E-state index contributed by atoms with van der Waals surface area (Å²) in [6.45, 7) is 0.897. The second-order valence-corrected chi connectivity index (χ2v) is 9.06. The molecule has 33 heavy (non-hydrogen) atoms. The zero-order valence-corrected chi connectivity index (χ0v) is 18.6. The zero-order valence-electron chi connectivity index (χ0n) is 17.0. The molecule has 1 N–H and O–H groups in total. The maximum absolute atomic E-state index is 13.2. The highest BCUT2D eigenvalue weighted by atomic mass is 35.5. The summed E-state index contributed by atoms with van der Waals surface area (Å²) < 4.78 is 5.62. The molecule has 2 aromatic carbocycles. The lowest BCUT2D eigenvalue weighted by molar-refractivity contribution is -0.125. The van der Waals surface area contributed by atoms with E-state index in [2.05, 4.69) is 5.32 Å². The number of nitrogens with one attached hydrogen (secondary N) is 1. The van der Waals surface area contributed by atoms with Crippen LogP contribution in [0.1, 0.15) is 30.4 Å². The van der Waals surface area contributed by atoms with Crippen LogP contribution in [-0.4, -0.2) is 43.4 Å². The van der Waals surface area contributed by atoms with Crippen molar-refractivity contribution in [2.75, 3.05) is 34.9 Å². The van der Waals surface area contributed by atoms with Crippen molar-refractivity contribution in [3.63, 3.8) is 0 Å². The minimum atomic E-state index is -0.537. The van der Waals surface area contributed by atoms with Crippen LogP contribution in [0.4, 0.5) is 17.1 Å². The summed E-state index contributed by atoms with van der Waals surface area (Å²) in [4.78, 5) is 54.0. The molecule has 4 amide bonds. The first kappa shape index (κ1) is 21.3. The first-order valence-corrected chi connectivity index (χ1v) is 11.2. The number of ether oxygens (including phenoxy) is 1. The molecule has 1 fully saturated rings. The van der Waals surface area contributed by atoms with Gasteiger partial charge in [0.15, 0.2) is 0 Å². The Kier molecular flexibility index (Phi) is 5.45. The third kappa shape index (κ3) is 3.80. The Balaban J connectivity index is 1.42. The van der Waals surface area contributed by atoms with Crippen LogP contribution in [-0.2, 0) is 9.53 Å². The summed E-state index contributed by atoms with van der Waals surface area (Å²) in [5.74, 6) is -1.59. The van der Waals surface area contributed by atoms with Gasteiger partial charge in [-0.25, -0.2) is 4.90 Å². The fourth-order valence-electron chi connectivity index (χ4n) is 3.82.